The van der Waals surface area contributed by atoms with Crippen LogP contribution < -0.4 is 5.73 Å². The van der Waals surface area contributed by atoms with Crippen LogP contribution in [0.25, 0.3) is 0 Å². The predicted molar refractivity (Wildman–Crippen MR) is 35.4 cm³/mol. The smallest absolute Gasteiger partial charge is 0.171 e. The molecule has 0 saturated carbocycles. The van der Waals surface area contributed by atoms with Gasteiger partial charge in [0.2, 0.25) is 0 Å². The fraction of sp³-hybridized carbons (Fsp3) is 0.333. The van der Waals surface area contributed by atoms with E-state index in [1.54, 1.807) is 7.05 Å². The first-order valence-corrected chi connectivity index (χ1v) is 2.12. The monoisotopic (exact) mass is 119 g/mol. The second-order valence-corrected chi connectivity index (χ2v) is 1.50. The number of nitrogens with zero attached hydrogens (tertiary/aromatic N) is 1. The molecule has 0 rings (SSSR count). The van der Waals surface area contributed by atoms with Crippen molar-refractivity contribution in [3.63, 3.8) is 0 Å². The van der Waals surface area contributed by atoms with Gasteiger partial charge in [0.05, 0.1) is 6.34 Å². The maximum absolute atomic E-state index is 6.57. The Bertz CT molecular complexity index is 94.5. The predicted octanol–water partition coefficient (Wildman–Crippen LogP) is 0.0149. The number of nitrogens with one attached hydrogen (secondary N) is 1. The zero-order valence-corrected chi connectivity index (χ0v) is 4.83. The number of hydrogen-bond donors (Lipinski definition) is 2. The fourth-order valence-electron chi connectivity index (χ4n) is 0.0636. The lowest BCUT2D eigenvalue weighted by molar-refractivity contribution is 0.778. The molecule has 0 heterocycles. The van der Waals surface area contributed by atoms with E-state index in [9.17, 15) is 0 Å². The van der Waals surface area contributed by atoms with Crippen LogP contribution in [0.2, 0.25) is 0 Å². The Morgan fingerprint density at radius 2 is 2.57 bits per heavy atom. The van der Waals surface area contributed by atoms with E-state index in [0.717, 1.165) is 6.34 Å². The van der Waals surface area contributed by atoms with Crippen LogP contribution in [-0.4, -0.2) is 23.4 Å². The summed E-state index contributed by atoms with van der Waals surface area (Å²) in [6.07, 6.45) is 1.06. The van der Waals surface area contributed by atoms with Gasteiger partial charge in [-0.2, -0.15) is 0 Å². The molecule has 3 nitrogen and oxygen atoms in total. The normalized spacial score (nSPS) is 7.57. The molecule has 42 valence electrons. The summed E-state index contributed by atoms with van der Waals surface area (Å²) in [6, 6.07) is 0. The topological polar surface area (TPSA) is 53.1 Å². The van der Waals surface area contributed by atoms with Gasteiger partial charge in [-0.25, -0.2) is 0 Å². The molecule has 0 spiro atoms. The van der Waals surface area contributed by atoms with Gasteiger partial charge in [-0.05, 0) is 12.2 Å². The van der Waals surface area contributed by atoms with Crippen LogP contribution >= 0.6 is 12.2 Å². The van der Waals surface area contributed by atoms with Gasteiger partial charge in [0, 0.05) is 8.47 Å². The average Bonchev–Trinajstić information content (AvgIpc) is 1.65. The van der Waals surface area contributed by atoms with E-state index in [1.807, 2.05) is 0 Å². The molecule has 0 aliphatic carbocycles. The molecule has 0 aromatic rings. The van der Waals surface area contributed by atoms with Crippen molar-refractivity contribution in [2.45, 2.75) is 0 Å². The van der Waals surface area contributed by atoms with Crippen molar-refractivity contribution in [3.05, 3.63) is 0 Å². The van der Waals surface area contributed by atoms with Crippen LogP contribution in [0.4, 0.5) is 0 Å². The molecule has 0 saturated heterocycles. The molecule has 0 aliphatic rings. The van der Waals surface area contributed by atoms with Gasteiger partial charge in [-0.15, -0.1) is 0 Å². The highest BCUT2D eigenvalue weighted by Crippen LogP contribution is 1.70. The first-order valence-electron chi connectivity index (χ1n) is 1.71. The van der Waals surface area contributed by atoms with E-state index in [0.29, 0.717) is 0 Å². The summed E-state index contributed by atoms with van der Waals surface area (Å²) < 4.78 is 0. The van der Waals surface area contributed by atoms with E-state index in [-0.39, 0.29) is 6.54 Å². The quantitative estimate of drug-likeness (QED) is 0.290. The van der Waals surface area contributed by atoms with Gasteiger partial charge >= 0.3 is 0 Å². The van der Waals surface area contributed by atoms with E-state index >= 15 is 0 Å². The van der Waals surface area contributed by atoms with Crippen molar-refractivity contribution < 1.29 is 1.43 Å². The highest BCUT2D eigenvalue weighted by atomic mass is 32.1. The van der Waals surface area contributed by atoms with E-state index in [1.165, 1.54) is 4.90 Å². The molecule has 3 N–H and O–H groups in total. The van der Waals surface area contributed by atoms with Gasteiger partial charge in [0.25, 0.3) is 0 Å². The minimum absolute atomic E-state index is 0. The molecule has 7 heavy (non-hydrogen) atoms. The Hall–Kier alpha value is -0.640. The lowest BCUT2D eigenvalue weighted by Gasteiger charge is -2.06. The maximum atomic E-state index is 6.57. The Labute approximate surface area is 49.1 Å². The summed E-state index contributed by atoms with van der Waals surface area (Å²) >= 11 is 4.47. The molecule has 4 heteroatoms. The van der Waals surface area contributed by atoms with E-state index in [4.69, 9.17) is 11.1 Å². The molecular weight excluding hydrogens is 110 g/mol. The zero-order valence-electron chi connectivity index (χ0n) is 4.01. The molecule has 0 bridgehead atoms. The summed E-state index contributed by atoms with van der Waals surface area (Å²) in [5, 5.41) is 6.79. The summed E-state index contributed by atoms with van der Waals surface area (Å²) in [4.78, 5) is 1.34. The highest BCUT2D eigenvalue weighted by molar-refractivity contribution is 7.80. The summed E-state index contributed by atoms with van der Waals surface area (Å²) in [5.74, 6) is 0. The molecule has 0 amide bonds. The van der Waals surface area contributed by atoms with Crippen LogP contribution in [-0.2, 0) is 0 Å². The van der Waals surface area contributed by atoms with Crippen molar-refractivity contribution in [2.24, 2.45) is 5.73 Å². The molecule has 0 unspecified atom stereocenters. The Morgan fingerprint density at radius 3 is 2.57 bits per heavy atom. The molecule has 0 radical (unpaired) electrons. The Morgan fingerprint density at radius 1 is 2.14 bits per heavy atom. The standard InChI is InChI=1S/C3H7N3S.H2/c1-6(2-4)3(5)7;/h2,4H,1H3,(H2,5,7);1H. The number of thiocarbonyl (C=S) groups is 1. The van der Waals surface area contributed by atoms with Crippen LogP contribution in [0, 0.1) is 5.41 Å². The number of hydrogen-bond acceptors (Lipinski definition) is 2. The van der Waals surface area contributed by atoms with Crippen LogP contribution in [0.15, 0.2) is 0 Å². The largest absolute Gasteiger partial charge is 0.376 e. The van der Waals surface area contributed by atoms with Crippen molar-refractivity contribution in [3.8, 4) is 0 Å². The minimum Gasteiger partial charge on any atom is -0.376 e. The Kier molecular flexibility index (Phi) is 2.29. The van der Waals surface area contributed by atoms with Crippen molar-refractivity contribution >= 4 is 23.7 Å². The maximum Gasteiger partial charge on any atom is 0.171 e. The SMILES string of the molecule is CN(C=N)C(N)=S.[HH]. The molecular formula is C3H9N3S. The lowest BCUT2D eigenvalue weighted by atomic mass is 10.9. The number of nitrogens with two attached hydrogens (primary N) is 1. The van der Waals surface area contributed by atoms with Crippen molar-refractivity contribution in [2.75, 3.05) is 7.05 Å². The third-order valence-electron chi connectivity index (χ3n) is 0.541. The van der Waals surface area contributed by atoms with Crippen molar-refractivity contribution in [1.82, 2.24) is 4.90 Å². The average molecular weight is 119 g/mol. The van der Waals surface area contributed by atoms with Gasteiger partial charge in [0.1, 0.15) is 0 Å². The van der Waals surface area contributed by atoms with Gasteiger partial charge < -0.3 is 10.6 Å². The fourth-order valence-corrected chi connectivity index (χ4v) is 0.116. The third kappa shape index (κ3) is 2.11. The molecule has 0 atom stereocenters. The summed E-state index contributed by atoms with van der Waals surface area (Å²) in [6.45, 7) is 0. The second-order valence-electron chi connectivity index (χ2n) is 1.08. The van der Waals surface area contributed by atoms with E-state index < -0.39 is 0 Å². The van der Waals surface area contributed by atoms with Crippen LogP contribution in [0.3, 0.4) is 0 Å². The Balaban J connectivity index is 0. The first-order chi connectivity index (χ1) is 3.18. The molecule has 0 aromatic carbocycles. The zero-order chi connectivity index (χ0) is 5.86. The van der Waals surface area contributed by atoms with Crippen LogP contribution in [0.5, 0.6) is 0 Å². The molecule has 0 aromatic heterocycles. The third-order valence-corrected chi connectivity index (χ3v) is 0.829. The lowest BCUT2D eigenvalue weighted by Crippen LogP contribution is -2.29. The summed E-state index contributed by atoms with van der Waals surface area (Å²) in [7, 11) is 1.62. The van der Waals surface area contributed by atoms with Gasteiger partial charge in [0.15, 0.2) is 5.11 Å². The van der Waals surface area contributed by atoms with Crippen LogP contribution in [0.1, 0.15) is 1.43 Å². The highest BCUT2D eigenvalue weighted by Gasteiger charge is 1.88. The minimum atomic E-state index is 0. The molecule has 0 fully saturated rings. The van der Waals surface area contributed by atoms with Gasteiger partial charge in [-0.1, -0.05) is 0 Å². The van der Waals surface area contributed by atoms with E-state index in [2.05, 4.69) is 12.2 Å². The number of rotatable bonds is 1. The summed E-state index contributed by atoms with van der Waals surface area (Å²) in [5.41, 5.74) is 5.05. The first kappa shape index (κ1) is 6.36. The second kappa shape index (κ2) is 2.52. The van der Waals surface area contributed by atoms with Crippen molar-refractivity contribution in [1.29, 1.82) is 5.41 Å². The van der Waals surface area contributed by atoms with Gasteiger partial charge in [-0.3, -0.25) is 5.41 Å². The molecule has 0 aliphatic heterocycles.